The van der Waals surface area contributed by atoms with Crippen molar-refractivity contribution in [3.05, 3.63) is 29.3 Å². The lowest BCUT2D eigenvalue weighted by atomic mass is 9.69. The van der Waals surface area contributed by atoms with Gasteiger partial charge in [0, 0.05) is 18.2 Å². The summed E-state index contributed by atoms with van der Waals surface area (Å²) in [5, 5.41) is 3.30. The SMILES string of the molecule is CC1(C)C2CCC1(C)C(NC(=O)c1ccc3c(c1)CCCN3S(C)(=O)=O)C2. The van der Waals surface area contributed by atoms with Crippen LogP contribution in [0, 0.1) is 16.7 Å². The highest BCUT2D eigenvalue weighted by atomic mass is 32.2. The van der Waals surface area contributed by atoms with Gasteiger partial charge in [-0.15, -0.1) is 0 Å². The lowest BCUT2D eigenvalue weighted by Gasteiger charge is -2.39. The van der Waals surface area contributed by atoms with E-state index in [0.717, 1.165) is 24.8 Å². The maximum absolute atomic E-state index is 13.0. The number of amides is 1. The molecule has 0 aromatic heterocycles. The molecule has 1 aromatic rings. The summed E-state index contributed by atoms with van der Waals surface area (Å²) < 4.78 is 25.5. The molecule has 3 aliphatic rings. The zero-order valence-electron chi connectivity index (χ0n) is 16.7. The Morgan fingerprint density at radius 3 is 2.59 bits per heavy atom. The van der Waals surface area contributed by atoms with Crippen LogP contribution in [0.5, 0.6) is 0 Å². The minimum Gasteiger partial charge on any atom is -0.349 e. The second-order valence-corrected chi connectivity index (χ2v) is 11.3. The van der Waals surface area contributed by atoms with E-state index >= 15 is 0 Å². The molecule has 2 aliphatic carbocycles. The molecule has 1 amide bonds. The number of benzene rings is 1. The lowest BCUT2D eigenvalue weighted by molar-refractivity contribution is 0.0826. The van der Waals surface area contributed by atoms with E-state index in [4.69, 9.17) is 0 Å². The van der Waals surface area contributed by atoms with Crippen LogP contribution < -0.4 is 9.62 Å². The number of hydrogen-bond donors (Lipinski definition) is 1. The second-order valence-electron chi connectivity index (χ2n) is 9.42. The molecule has 2 bridgehead atoms. The van der Waals surface area contributed by atoms with Crippen molar-refractivity contribution in [3.63, 3.8) is 0 Å². The van der Waals surface area contributed by atoms with E-state index in [1.54, 1.807) is 12.1 Å². The fourth-order valence-corrected chi connectivity index (χ4v) is 6.71. The number of fused-ring (bicyclic) bond motifs is 3. The summed E-state index contributed by atoms with van der Waals surface area (Å²) in [4.78, 5) is 13.0. The number of sulfonamides is 1. The summed E-state index contributed by atoms with van der Waals surface area (Å²) in [6, 6.07) is 5.64. The van der Waals surface area contributed by atoms with Gasteiger partial charge in [-0.25, -0.2) is 8.42 Å². The fourth-order valence-electron chi connectivity index (χ4n) is 5.71. The van der Waals surface area contributed by atoms with Crippen molar-refractivity contribution < 1.29 is 13.2 Å². The Hall–Kier alpha value is -1.56. The molecule has 148 valence electrons. The molecule has 1 aromatic carbocycles. The van der Waals surface area contributed by atoms with Crippen molar-refractivity contribution in [1.29, 1.82) is 0 Å². The summed E-state index contributed by atoms with van der Waals surface area (Å²) >= 11 is 0. The maximum Gasteiger partial charge on any atom is 0.251 e. The van der Waals surface area contributed by atoms with Gasteiger partial charge in [0.15, 0.2) is 0 Å². The van der Waals surface area contributed by atoms with Gasteiger partial charge >= 0.3 is 0 Å². The lowest BCUT2D eigenvalue weighted by Crippen LogP contribution is -2.46. The largest absolute Gasteiger partial charge is 0.349 e. The first kappa shape index (κ1) is 18.8. The first-order valence-electron chi connectivity index (χ1n) is 9.95. The van der Waals surface area contributed by atoms with Crippen molar-refractivity contribution in [3.8, 4) is 0 Å². The van der Waals surface area contributed by atoms with Crippen LogP contribution in [0.4, 0.5) is 5.69 Å². The molecule has 3 unspecified atom stereocenters. The predicted molar refractivity (Wildman–Crippen MR) is 107 cm³/mol. The van der Waals surface area contributed by atoms with Crippen molar-refractivity contribution in [2.24, 2.45) is 16.7 Å². The van der Waals surface area contributed by atoms with E-state index in [2.05, 4.69) is 26.1 Å². The molecule has 6 heteroatoms. The van der Waals surface area contributed by atoms with Crippen molar-refractivity contribution in [2.45, 2.75) is 58.9 Å². The number of carbonyl (C=O) groups excluding carboxylic acids is 1. The van der Waals surface area contributed by atoms with Crippen molar-refractivity contribution in [1.82, 2.24) is 5.32 Å². The first-order chi connectivity index (χ1) is 12.5. The normalized spacial score (nSPS) is 31.6. The first-order valence-corrected chi connectivity index (χ1v) is 11.8. The highest BCUT2D eigenvalue weighted by molar-refractivity contribution is 7.92. The van der Waals surface area contributed by atoms with Crippen LogP contribution in [0.1, 0.15) is 62.4 Å². The number of aryl methyl sites for hydroxylation is 1. The quantitative estimate of drug-likeness (QED) is 0.861. The molecule has 4 rings (SSSR count). The molecular weight excluding hydrogens is 360 g/mol. The Balaban J connectivity index is 1.56. The Labute approximate surface area is 162 Å². The van der Waals surface area contributed by atoms with Gasteiger partial charge in [-0.2, -0.15) is 0 Å². The number of carbonyl (C=O) groups is 1. The number of nitrogens with one attached hydrogen (secondary N) is 1. The van der Waals surface area contributed by atoms with Crippen LogP contribution >= 0.6 is 0 Å². The fraction of sp³-hybridized carbons (Fsp3) is 0.667. The van der Waals surface area contributed by atoms with Crippen LogP contribution in [0.2, 0.25) is 0 Å². The molecule has 0 saturated heterocycles. The predicted octanol–water partition coefficient (Wildman–Crippen LogP) is 3.34. The van der Waals surface area contributed by atoms with E-state index in [1.807, 2.05) is 6.07 Å². The Bertz CT molecular complexity index is 893. The number of nitrogens with zero attached hydrogens (tertiary/aromatic N) is 1. The van der Waals surface area contributed by atoms with E-state index in [-0.39, 0.29) is 22.8 Å². The summed E-state index contributed by atoms with van der Waals surface area (Å²) in [5.41, 5.74) is 2.70. The standard InChI is InChI=1S/C21H30N2O3S/c1-20(2)16-9-10-21(20,3)18(13-16)22-19(24)15-7-8-17-14(12-15)6-5-11-23(17)27(4,25)26/h7-8,12,16,18H,5-6,9-11,13H2,1-4H3,(H,22,24). The molecule has 5 nitrogen and oxygen atoms in total. The van der Waals surface area contributed by atoms with E-state index in [9.17, 15) is 13.2 Å². The topological polar surface area (TPSA) is 66.5 Å². The van der Waals surface area contributed by atoms with Crippen LogP contribution in [-0.4, -0.2) is 33.2 Å². The van der Waals surface area contributed by atoms with Gasteiger partial charge in [-0.1, -0.05) is 20.8 Å². The third-order valence-electron chi connectivity index (χ3n) is 7.92. The Morgan fingerprint density at radius 1 is 1.26 bits per heavy atom. The van der Waals surface area contributed by atoms with Crippen LogP contribution in [0.15, 0.2) is 18.2 Å². The monoisotopic (exact) mass is 390 g/mol. The van der Waals surface area contributed by atoms with E-state index in [1.165, 1.54) is 23.4 Å². The minimum atomic E-state index is -3.29. The van der Waals surface area contributed by atoms with Crippen LogP contribution in [0.25, 0.3) is 0 Å². The summed E-state index contributed by atoms with van der Waals surface area (Å²) in [6.45, 7) is 7.51. The van der Waals surface area contributed by atoms with Crippen molar-refractivity contribution in [2.75, 3.05) is 17.1 Å². The third kappa shape index (κ3) is 2.79. The van der Waals surface area contributed by atoms with Gasteiger partial charge in [0.25, 0.3) is 5.91 Å². The number of hydrogen-bond acceptors (Lipinski definition) is 3. The smallest absolute Gasteiger partial charge is 0.251 e. The van der Waals surface area contributed by atoms with Gasteiger partial charge < -0.3 is 5.32 Å². The van der Waals surface area contributed by atoms with Gasteiger partial charge in [-0.3, -0.25) is 9.10 Å². The van der Waals surface area contributed by atoms with E-state index < -0.39 is 10.0 Å². The number of anilines is 1. The highest BCUT2D eigenvalue weighted by Gasteiger charge is 2.61. The Kier molecular flexibility index (Phi) is 4.15. The molecule has 0 radical (unpaired) electrons. The van der Waals surface area contributed by atoms with Gasteiger partial charge in [0.1, 0.15) is 0 Å². The average molecular weight is 391 g/mol. The van der Waals surface area contributed by atoms with Gasteiger partial charge in [0.2, 0.25) is 10.0 Å². The van der Waals surface area contributed by atoms with Crippen LogP contribution in [0.3, 0.4) is 0 Å². The Morgan fingerprint density at radius 2 is 2.00 bits per heavy atom. The van der Waals surface area contributed by atoms with Gasteiger partial charge in [-0.05, 0) is 72.6 Å². The van der Waals surface area contributed by atoms with Crippen LogP contribution in [-0.2, 0) is 16.4 Å². The zero-order valence-corrected chi connectivity index (χ0v) is 17.5. The zero-order chi connectivity index (χ0) is 19.6. The van der Waals surface area contributed by atoms with Gasteiger partial charge in [0.05, 0.1) is 11.9 Å². The number of rotatable bonds is 3. The molecule has 1 N–H and O–H groups in total. The van der Waals surface area contributed by atoms with Crippen molar-refractivity contribution >= 4 is 21.6 Å². The summed E-state index contributed by atoms with van der Waals surface area (Å²) in [7, 11) is -3.29. The second kappa shape index (κ2) is 5.97. The average Bonchev–Trinajstić information content (AvgIpc) is 2.93. The maximum atomic E-state index is 13.0. The summed E-state index contributed by atoms with van der Waals surface area (Å²) in [5.74, 6) is 0.642. The molecular formula is C21H30N2O3S. The van der Waals surface area contributed by atoms with E-state index in [0.29, 0.717) is 23.7 Å². The summed E-state index contributed by atoms with van der Waals surface area (Å²) in [6.07, 6.45) is 6.31. The minimum absolute atomic E-state index is 0.0381. The molecule has 2 saturated carbocycles. The third-order valence-corrected chi connectivity index (χ3v) is 9.10. The molecule has 1 aliphatic heterocycles. The molecule has 1 heterocycles. The molecule has 0 spiro atoms. The molecule has 2 fully saturated rings. The molecule has 27 heavy (non-hydrogen) atoms. The highest BCUT2D eigenvalue weighted by Crippen LogP contribution is 2.65. The molecule has 3 atom stereocenters.